The van der Waals surface area contributed by atoms with Crippen molar-refractivity contribution in [2.45, 2.75) is 51.7 Å². The van der Waals surface area contributed by atoms with Crippen molar-refractivity contribution in [2.24, 2.45) is 0 Å². The molecule has 0 saturated carbocycles. The van der Waals surface area contributed by atoms with Gasteiger partial charge in [-0.15, -0.1) is 0 Å². The summed E-state index contributed by atoms with van der Waals surface area (Å²) in [7, 11) is 0. The van der Waals surface area contributed by atoms with Gasteiger partial charge in [0.25, 0.3) is 0 Å². The summed E-state index contributed by atoms with van der Waals surface area (Å²) in [6, 6.07) is 2.57. The van der Waals surface area contributed by atoms with Crippen LogP contribution in [0, 0.1) is 11.3 Å². The Kier molecular flexibility index (Phi) is 5.19. The van der Waals surface area contributed by atoms with Gasteiger partial charge in [-0.05, 0) is 33.6 Å². The molecule has 1 amide bonds. The molecule has 0 bridgehead atoms. The van der Waals surface area contributed by atoms with Crippen molar-refractivity contribution in [3.05, 3.63) is 18.1 Å². The fraction of sp³-hybridized carbons (Fsp3) is 0.667. The summed E-state index contributed by atoms with van der Waals surface area (Å²) >= 11 is 0. The van der Waals surface area contributed by atoms with E-state index in [9.17, 15) is 10.1 Å². The van der Waals surface area contributed by atoms with E-state index >= 15 is 0 Å². The second kappa shape index (κ2) is 7.36. The molecule has 2 saturated heterocycles. The van der Waals surface area contributed by atoms with Gasteiger partial charge in [0.1, 0.15) is 6.07 Å². The first kappa shape index (κ1) is 17.6. The monoisotopic (exact) mass is 342 g/mol. The van der Waals surface area contributed by atoms with Crippen molar-refractivity contribution in [3.63, 3.8) is 0 Å². The SMILES string of the molecule is CC(C)N1CCC[C@@H](N2CCN(c3nccnc3C#N)C[C@H]2C)C1=O. The predicted octanol–water partition coefficient (Wildman–Crippen LogP) is 1.26. The lowest BCUT2D eigenvalue weighted by atomic mass is 9.98. The van der Waals surface area contributed by atoms with Gasteiger partial charge in [0.05, 0.1) is 6.04 Å². The maximum Gasteiger partial charge on any atom is 0.240 e. The first-order valence-electron chi connectivity index (χ1n) is 9.05. The molecule has 0 aromatic carbocycles. The van der Waals surface area contributed by atoms with Crippen LogP contribution in [0.25, 0.3) is 0 Å². The molecule has 1 aromatic rings. The van der Waals surface area contributed by atoms with Crippen LogP contribution >= 0.6 is 0 Å². The summed E-state index contributed by atoms with van der Waals surface area (Å²) in [5.41, 5.74) is 0.364. The fourth-order valence-electron chi connectivity index (χ4n) is 3.97. The Morgan fingerprint density at radius 3 is 2.68 bits per heavy atom. The largest absolute Gasteiger partial charge is 0.351 e. The van der Waals surface area contributed by atoms with Crippen LogP contribution in [-0.4, -0.2) is 70.0 Å². The number of amides is 1. The number of piperidine rings is 1. The van der Waals surface area contributed by atoms with Gasteiger partial charge in [0.2, 0.25) is 5.91 Å². The molecule has 3 heterocycles. The summed E-state index contributed by atoms with van der Waals surface area (Å²) in [5.74, 6) is 0.911. The van der Waals surface area contributed by atoms with Gasteiger partial charge in [0.15, 0.2) is 11.5 Å². The quantitative estimate of drug-likeness (QED) is 0.823. The van der Waals surface area contributed by atoms with Crippen molar-refractivity contribution >= 4 is 11.7 Å². The van der Waals surface area contributed by atoms with Crippen LogP contribution in [0.4, 0.5) is 5.82 Å². The highest BCUT2D eigenvalue weighted by Gasteiger charge is 2.38. The molecule has 134 valence electrons. The molecule has 1 aromatic heterocycles. The van der Waals surface area contributed by atoms with Crippen LogP contribution in [-0.2, 0) is 4.79 Å². The summed E-state index contributed by atoms with van der Waals surface area (Å²) < 4.78 is 0. The number of nitriles is 1. The number of anilines is 1. The summed E-state index contributed by atoms with van der Waals surface area (Å²) in [4.78, 5) is 27.8. The molecular weight excluding hydrogens is 316 g/mol. The Bertz CT molecular complexity index is 670. The Morgan fingerprint density at radius 2 is 2.00 bits per heavy atom. The molecular formula is C18H26N6O. The van der Waals surface area contributed by atoms with E-state index in [2.05, 4.69) is 46.6 Å². The minimum atomic E-state index is -0.0226. The van der Waals surface area contributed by atoms with Crippen molar-refractivity contribution in [1.29, 1.82) is 5.26 Å². The summed E-state index contributed by atoms with van der Waals surface area (Å²) in [6.07, 6.45) is 5.16. The number of carbonyl (C=O) groups excluding carboxylic acids is 1. The lowest BCUT2D eigenvalue weighted by molar-refractivity contribution is -0.143. The Labute approximate surface area is 149 Å². The second-order valence-electron chi connectivity index (χ2n) is 7.16. The molecule has 2 atom stereocenters. The highest BCUT2D eigenvalue weighted by molar-refractivity contribution is 5.83. The van der Waals surface area contributed by atoms with E-state index in [-0.39, 0.29) is 24.0 Å². The van der Waals surface area contributed by atoms with Crippen LogP contribution in [0.1, 0.15) is 39.3 Å². The van der Waals surface area contributed by atoms with E-state index in [0.29, 0.717) is 11.5 Å². The van der Waals surface area contributed by atoms with Gasteiger partial charge in [-0.1, -0.05) is 0 Å². The highest BCUT2D eigenvalue weighted by atomic mass is 16.2. The first-order chi connectivity index (χ1) is 12.0. The van der Waals surface area contributed by atoms with Gasteiger partial charge in [-0.2, -0.15) is 5.26 Å². The molecule has 2 aliphatic heterocycles. The second-order valence-corrected chi connectivity index (χ2v) is 7.16. The lowest BCUT2D eigenvalue weighted by Crippen LogP contribution is -2.62. The Hall–Kier alpha value is -2.20. The van der Waals surface area contributed by atoms with Crippen molar-refractivity contribution in [2.75, 3.05) is 31.1 Å². The molecule has 7 heteroatoms. The molecule has 3 rings (SSSR count). The van der Waals surface area contributed by atoms with Crippen LogP contribution in [0.5, 0.6) is 0 Å². The van der Waals surface area contributed by atoms with Crippen LogP contribution in [0.3, 0.4) is 0 Å². The molecule has 0 unspecified atom stereocenters. The zero-order valence-electron chi connectivity index (χ0n) is 15.2. The first-order valence-corrected chi connectivity index (χ1v) is 9.05. The summed E-state index contributed by atoms with van der Waals surface area (Å²) in [5, 5.41) is 9.25. The number of likely N-dealkylation sites (tertiary alicyclic amines) is 1. The number of hydrogen-bond donors (Lipinski definition) is 0. The number of rotatable bonds is 3. The zero-order chi connectivity index (χ0) is 18.0. The molecule has 0 radical (unpaired) electrons. The molecule has 0 aliphatic carbocycles. The van der Waals surface area contributed by atoms with Crippen molar-refractivity contribution in [1.82, 2.24) is 19.8 Å². The normalized spacial score (nSPS) is 25.3. The summed E-state index contributed by atoms with van der Waals surface area (Å²) in [6.45, 7) is 9.48. The van der Waals surface area contributed by atoms with E-state index in [1.54, 1.807) is 12.4 Å². The van der Waals surface area contributed by atoms with Gasteiger partial charge < -0.3 is 9.80 Å². The lowest BCUT2D eigenvalue weighted by Gasteiger charge is -2.47. The average Bonchev–Trinajstić information content (AvgIpc) is 2.62. The van der Waals surface area contributed by atoms with Gasteiger partial charge in [-0.25, -0.2) is 9.97 Å². The smallest absolute Gasteiger partial charge is 0.240 e. The van der Waals surface area contributed by atoms with Crippen molar-refractivity contribution in [3.8, 4) is 6.07 Å². The number of carbonyl (C=O) groups is 1. The number of aromatic nitrogens is 2. The molecule has 25 heavy (non-hydrogen) atoms. The van der Waals surface area contributed by atoms with Crippen LogP contribution < -0.4 is 4.90 Å². The van der Waals surface area contributed by atoms with E-state index in [0.717, 1.165) is 39.0 Å². The maximum atomic E-state index is 12.9. The third-order valence-electron chi connectivity index (χ3n) is 5.23. The molecule has 0 spiro atoms. The van der Waals surface area contributed by atoms with Crippen LogP contribution in [0.2, 0.25) is 0 Å². The molecule has 7 nitrogen and oxygen atoms in total. The molecule has 2 fully saturated rings. The van der Waals surface area contributed by atoms with Crippen molar-refractivity contribution < 1.29 is 4.79 Å². The number of hydrogen-bond acceptors (Lipinski definition) is 6. The Balaban J connectivity index is 1.72. The van der Waals surface area contributed by atoms with E-state index in [4.69, 9.17) is 0 Å². The average molecular weight is 342 g/mol. The molecule has 0 N–H and O–H groups in total. The third kappa shape index (κ3) is 3.45. The minimum absolute atomic E-state index is 0.0226. The highest BCUT2D eigenvalue weighted by Crippen LogP contribution is 2.25. The maximum absolute atomic E-state index is 12.9. The van der Waals surface area contributed by atoms with E-state index < -0.39 is 0 Å². The fourth-order valence-corrected chi connectivity index (χ4v) is 3.97. The van der Waals surface area contributed by atoms with Gasteiger partial charge in [0, 0.05) is 50.7 Å². The minimum Gasteiger partial charge on any atom is -0.351 e. The standard InChI is InChI=1S/C18H26N6O/c1-13(2)23-8-4-5-16(18(23)25)24-10-9-22(12-14(24)3)17-15(11-19)20-6-7-21-17/h6-7,13-14,16H,4-5,8-10,12H2,1-3H3/t14-,16-/m1/s1. The van der Waals surface area contributed by atoms with Crippen LogP contribution in [0.15, 0.2) is 12.4 Å². The number of piperazine rings is 1. The van der Waals surface area contributed by atoms with Gasteiger partial charge in [-0.3, -0.25) is 9.69 Å². The van der Waals surface area contributed by atoms with E-state index in [1.807, 2.05) is 4.90 Å². The zero-order valence-corrected chi connectivity index (χ0v) is 15.2. The predicted molar refractivity (Wildman–Crippen MR) is 95.0 cm³/mol. The number of nitrogens with zero attached hydrogens (tertiary/aromatic N) is 6. The third-order valence-corrected chi connectivity index (χ3v) is 5.23. The van der Waals surface area contributed by atoms with E-state index in [1.165, 1.54) is 0 Å². The Morgan fingerprint density at radius 1 is 1.24 bits per heavy atom. The topological polar surface area (TPSA) is 76.4 Å². The van der Waals surface area contributed by atoms with Gasteiger partial charge >= 0.3 is 0 Å². The molecule has 2 aliphatic rings.